The van der Waals surface area contributed by atoms with E-state index in [0.717, 1.165) is 35.0 Å². The van der Waals surface area contributed by atoms with E-state index in [4.69, 9.17) is 23.7 Å². The van der Waals surface area contributed by atoms with Gasteiger partial charge in [-0.05, 0) is 49.6 Å². The van der Waals surface area contributed by atoms with Gasteiger partial charge in [-0.15, -0.1) is 0 Å². The first-order valence-electron chi connectivity index (χ1n) is 13.0. The van der Waals surface area contributed by atoms with Crippen molar-refractivity contribution in [2.45, 2.75) is 38.8 Å². The number of unbranched alkanes of at least 4 members (excludes halogenated alkanes) is 1. The quantitative estimate of drug-likeness (QED) is 0.153. The van der Waals surface area contributed by atoms with Gasteiger partial charge in [-0.3, -0.25) is 9.78 Å². The summed E-state index contributed by atoms with van der Waals surface area (Å²) in [6.45, 7) is 3.75. The van der Waals surface area contributed by atoms with Gasteiger partial charge in [-0.1, -0.05) is 60.7 Å². The highest BCUT2D eigenvalue weighted by atomic mass is 16.7. The molecule has 2 aromatic carbocycles. The first-order chi connectivity index (χ1) is 18.6. The number of pyridine rings is 1. The largest absolute Gasteiger partial charge is 0.497 e. The van der Waals surface area contributed by atoms with Gasteiger partial charge in [0, 0.05) is 19.1 Å². The van der Waals surface area contributed by atoms with E-state index in [2.05, 4.69) is 11.1 Å². The molecule has 0 spiro atoms. The van der Waals surface area contributed by atoms with E-state index < -0.39 is 17.7 Å². The van der Waals surface area contributed by atoms with Crippen molar-refractivity contribution in [1.29, 1.82) is 0 Å². The number of nitrogens with zero attached hydrogens (tertiary/aromatic N) is 1. The fourth-order valence-electron chi connectivity index (χ4n) is 4.31. The maximum atomic E-state index is 13.0. The summed E-state index contributed by atoms with van der Waals surface area (Å²) in [6, 6.07) is 21.8. The lowest BCUT2D eigenvalue weighted by Crippen LogP contribution is -2.48. The maximum absolute atomic E-state index is 13.0. The second kappa shape index (κ2) is 13.9. The van der Waals surface area contributed by atoms with E-state index in [0.29, 0.717) is 25.6 Å². The molecule has 7 heteroatoms. The van der Waals surface area contributed by atoms with Crippen LogP contribution in [0.5, 0.6) is 0 Å². The number of fused-ring (bicyclic) bond motifs is 1. The van der Waals surface area contributed by atoms with Gasteiger partial charge in [0.15, 0.2) is 5.92 Å². The predicted molar refractivity (Wildman–Crippen MR) is 145 cm³/mol. The Kier molecular flexibility index (Phi) is 10.0. The van der Waals surface area contributed by atoms with Crippen LogP contribution in [-0.4, -0.2) is 43.7 Å². The van der Waals surface area contributed by atoms with E-state index in [-0.39, 0.29) is 13.2 Å². The van der Waals surface area contributed by atoms with E-state index in [1.807, 2.05) is 60.7 Å². The molecule has 7 nitrogen and oxygen atoms in total. The number of aromatic nitrogens is 1. The van der Waals surface area contributed by atoms with Crippen LogP contribution in [0.25, 0.3) is 10.9 Å². The Bertz CT molecular complexity index is 1240. The summed E-state index contributed by atoms with van der Waals surface area (Å²) in [5.41, 5.74) is 2.84. The lowest BCUT2D eigenvalue weighted by molar-refractivity contribution is -0.232. The number of hydrogen-bond acceptors (Lipinski definition) is 7. The minimum Gasteiger partial charge on any atom is -0.497 e. The molecule has 2 atom stereocenters. The van der Waals surface area contributed by atoms with Crippen LogP contribution in [0.4, 0.5) is 0 Å². The third kappa shape index (κ3) is 7.07. The van der Waals surface area contributed by atoms with Crippen LogP contribution in [0, 0.1) is 5.92 Å². The molecule has 0 amide bonds. The zero-order valence-electron chi connectivity index (χ0n) is 22.0. The average Bonchev–Trinajstić information content (AvgIpc) is 2.96. The van der Waals surface area contributed by atoms with Gasteiger partial charge < -0.3 is 23.7 Å². The molecule has 3 aromatic rings. The Morgan fingerprint density at radius 1 is 0.947 bits per heavy atom. The van der Waals surface area contributed by atoms with E-state index in [1.54, 1.807) is 25.2 Å². The molecule has 1 aromatic heterocycles. The van der Waals surface area contributed by atoms with Crippen LogP contribution in [0.2, 0.25) is 0 Å². The molecule has 4 rings (SSSR count). The predicted octanol–water partition coefficient (Wildman–Crippen LogP) is 5.74. The van der Waals surface area contributed by atoms with Crippen molar-refractivity contribution in [3.05, 3.63) is 102 Å². The van der Waals surface area contributed by atoms with Gasteiger partial charge >= 0.3 is 5.97 Å². The minimum atomic E-state index is -1.33. The average molecular weight is 518 g/mol. The first kappa shape index (κ1) is 27.5. The standard InChI is InChI=1S/C31H35NO6/c1-3-36-30(33)29-28(16-11-19-31(29,34-2)38-22-24-12-5-4-6-13-24)37-21-10-9-20-35-23-26-18-17-25-14-7-8-15-27(25)32-26/h4-8,11-19,29H,3,9-10,20-23H2,1-2H3. The van der Waals surface area contributed by atoms with Gasteiger partial charge in [0.25, 0.3) is 0 Å². The molecule has 0 aliphatic heterocycles. The summed E-state index contributed by atoms with van der Waals surface area (Å²) in [6.07, 6.45) is 6.86. The number of methoxy groups -OCH3 is 1. The highest BCUT2D eigenvalue weighted by Crippen LogP contribution is 2.37. The van der Waals surface area contributed by atoms with Gasteiger partial charge in [0.2, 0.25) is 5.79 Å². The molecular weight excluding hydrogens is 482 g/mol. The van der Waals surface area contributed by atoms with Crippen LogP contribution in [0.3, 0.4) is 0 Å². The molecule has 1 aliphatic carbocycles. The number of carbonyl (C=O) groups excluding carboxylic acids is 1. The summed E-state index contributed by atoms with van der Waals surface area (Å²) in [5, 5.41) is 1.12. The Morgan fingerprint density at radius 3 is 2.55 bits per heavy atom. The van der Waals surface area contributed by atoms with Crippen molar-refractivity contribution in [3.8, 4) is 0 Å². The summed E-state index contributed by atoms with van der Waals surface area (Å²) < 4.78 is 29.2. The highest BCUT2D eigenvalue weighted by Gasteiger charge is 2.49. The zero-order valence-corrected chi connectivity index (χ0v) is 22.0. The molecule has 38 heavy (non-hydrogen) atoms. The maximum Gasteiger partial charge on any atom is 0.322 e. The molecule has 1 heterocycles. The topological polar surface area (TPSA) is 76.1 Å². The molecule has 0 N–H and O–H groups in total. The van der Waals surface area contributed by atoms with Crippen LogP contribution >= 0.6 is 0 Å². The smallest absolute Gasteiger partial charge is 0.322 e. The Hall–Kier alpha value is -3.52. The molecule has 0 saturated carbocycles. The number of para-hydroxylation sites is 1. The summed E-state index contributed by atoms with van der Waals surface area (Å²) >= 11 is 0. The van der Waals surface area contributed by atoms with Gasteiger partial charge in [-0.2, -0.15) is 0 Å². The fraction of sp³-hybridized carbons (Fsp3) is 0.355. The SMILES string of the molecule is CCOC(=O)C1C(OCCCCOCc2ccc3ccccc3n2)=CC=CC1(OC)OCc1ccccc1. The lowest BCUT2D eigenvalue weighted by atomic mass is 9.91. The molecular formula is C31H35NO6. The van der Waals surface area contributed by atoms with Gasteiger partial charge in [-0.25, -0.2) is 0 Å². The van der Waals surface area contributed by atoms with E-state index >= 15 is 0 Å². The normalized spacial score (nSPS) is 18.8. The summed E-state index contributed by atoms with van der Waals surface area (Å²) in [4.78, 5) is 17.7. The summed E-state index contributed by atoms with van der Waals surface area (Å²) in [7, 11) is 1.52. The van der Waals surface area contributed by atoms with E-state index in [1.165, 1.54) is 7.11 Å². The number of hydrogen-bond donors (Lipinski definition) is 0. The molecule has 1 aliphatic rings. The van der Waals surface area contributed by atoms with Crippen molar-refractivity contribution in [1.82, 2.24) is 4.98 Å². The molecule has 0 bridgehead atoms. The Morgan fingerprint density at radius 2 is 1.74 bits per heavy atom. The highest BCUT2D eigenvalue weighted by molar-refractivity contribution is 5.78. The minimum absolute atomic E-state index is 0.244. The van der Waals surface area contributed by atoms with Crippen molar-refractivity contribution in [2.75, 3.05) is 26.9 Å². The van der Waals surface area contributed by atoms with Gasteiger partial charge in [0.1, 0.15) is 5.76 Å². The first-order valence-corrected chi connectivity index (χ1v) is 13.0. The molecule has 0 saturated heterocycles. The number of carbonyl (C=O) groups is 1. The van der Waals surface area contributed by atoms with Gasteiger partial charge in [0.05, 0.1) is 37.6 Å². The molecule has 2 unspecified atom stereocenters. The molecule has 0 fully saturated rings. The number of allylic oxidation sites excluding steroid dienone is 2. The number of rotatable bonds is 14. The Labute approximate surface area is 224 Å². The molecule has 0 radical (unpaired) electrons. The number of esters is 1. The second-order valence-corrected chi connectivity index (χ2v) is 8.92. The van der Waals surface area contributed by atoms with Crippen molar-refractivity contribution >= 4 is 16.9 Å². The fourth-order valence-corrected chi connectivity index (χ4v) is 4.31. The third-order valence-corrected chi connectivity index (χ3v) is 6.28. The number of ether oxygens (including phenoxy) is 5. The van der Waals surface area contributed by atoms with Crippen LogP contribution in [0.15, 0.2) is 90.7 Å². The molecule has 200 valence electrons. The monoisotopic (exact) mass is 517 g/mol. The van der Waals surface area contributed by atoms with Crippen molar-refractivity contribution in [2.24, 2.45) is 5.92 Å². The van der Waals surface area contributed by atoms with Crippen molar-refractivity contribution in [3.63, 3.8) is 0 Å². The van der Waals surface area contributed by atoms with Crippen LogP contribution < -0.4 is 0 Å². The zero-order chi connectivity index (χ0) is 26.6. The van der Waals surface area contributed by atoms with Crippen molar-refractivity contribution < 1.29 is 28.5 Å². The summed E-state index contributed by atoms with van der Waals surface area (Å²) in [5.74, 6) is -2.20. The van der Waals surface area contributed by atoms with E-state index in [9.17, 15) is 4.79 Å². The van der Waals surface area contributed by atoms with Crippen LogP contribution in [0.1, 0.15) is 31.0 Å². The second-order valence-electron chi connectivity index (χ2n) is 8.92. The number of benzene rings is 2. The Balaban J connectivity index is 1.28. The lowest BCUT2D eigenvalue weighted by Gasteiger charge is -2.38. The third-order valence-electron chi connectivity index (χ3n) is 6.28. The van der Waals surface area contributed by atoms with Crippen LogP contribution in [-0.2, 0) is 41.7 Å².